The maximum atomic E-state index is 6.67. The third kappa shape index (κ3) is 13.8. The average Bonchev–Trinajstić information content (AvgIpc) is 2.79. The zero-order chi connectivity index (χ0) is 25.7. The van der Waals surface area contributed by atoms with Gasteiger partial charge in [-0.05, 0) is 45.4 Å². The van der Waals surface area contributed by atoms with E-state index in [0.29, 0.717) is 38.8 Å². The minimum atomic E-state index is -1.37. The van der Waals surface area contributed by atoms with Gasteiger partial charge in [-0.2, -0.15) is 0 Å². The van der Waals surface area contributed by atoms with Crippen LogP contribution in [0.3, 0.4) is 0 Å². The number of rotatable bonds is 25. The summed E-state index contributed by atoms with van der Waals surface area (Å²) >= 11 is 0. The van der Waals surface area contributed by atoms with E-state index in [2.05, 4.69) is 55.4 Å². The molecule has 0 aliphatic rings. The topological polar surface area (TPSA) is 46.2 Å². The van der Waals surface area contributed by atoms with E-state index < -0.39 is 11.8 Å². The molecule has 34 heavy (non-hydrogen) atoms. The molecule has 2 unspecified atom stereocenters. The van der Waals surface area contributed by atoms with Gasteiger partial charge in [0.15, 0.2) is 0 Å². The molecule has 5 heteroatoms. The van der Waals surface area contributed by atoms with E-state index >= 15 is 0 Å². The molecule has 0 heterocycles. The smallest absolute Gasteiger partial charge is 0.340 e. The van der Waals surface area contributed by atoms with Crippen LogP contribution in [-0.2, 0) is 23.7 Å². The summed E-state index contributed by atoms with van der Waals surface area (Å²) in [5, 5.41) is 0. The highest BCUT2D eigenvalue weighted by atomic mass is 16.9. The van der Waals surface area contributed by atoms with Crippen LogP contribution in [0, 0.1) is 5.92 Å². The standard InChI is InChI=1S/C29H60O5/c1-9-13-17-20-24-32-29(33-25-26(5)6,31-23-19-15-11-3)28(34-27(7)8,21-18-14-10-2)30-22-16-12-4/h26-27H,9-25H2,1-8H3. The summed E-state index contributed by atoms with van der Waals surface area (Å²) in [4.78, 5) is 0. The van der Waals surface area contributed by atoms with Crippen LogP contribution in [0.15, 0.2) is 0 Å². The van der Waals surface area contributed by atoms with E-state index in [9.17, 15) is 0 Å². The third-order valence-electron chi connectivity index (χ3n) is 5.77. The molecule has 0 amide bonds. The average molecular weight is 489 g/mol. The molecule has 0 N–H and O–H groups in total. The summed E-state index contributed by atoms with van der Waals surface area (Å²) in [6.07, 6.45) is 13.6. The van der Waals surface area contributed by atoms with Crippen molar-refractivity contribution in [2.75, 3.05) is 26.4 Å². The normalized spacial score (nSPS) is 15.7. The number of hydrogen-bond donors (Lipinski definition) is 0. The molecule has 0 aliphatic heterocycles. The van der Waals surface area contributed by atoms with Crippen LogP contribution in [-0.4, -0.2) is 44.3 Å². The van der Waals surface area contributed by atoms with Gasteiger partial charge in [-0.1, -0.05) is 92.9 Å². The van der Waals surface area contributed by atoms with Crippen LogP contribution in [0.4, 0.5) is 0 Å². The maximum absolute atomic E-state index is 6.67. The van der Waals surface area contributed by atoms with Crippen molar-refractivity contribution in [3.05, 3.63) is 0 Å². The van der Waals surface area contributed by atoms with Crippen LogP contribution >= 0.6 is 0 Å². The third-order valence-corrected chi connectivity index (χ3v) is 5.77. The van der Waals surface area contributed by atoms with Gasteiger partial charge in [0, 0.05) is 6.42 Å². The van der Waals surface area contributed by atoms with Crippen LogP contribution in [0.25, 0.3) is 0 Å². The first kappa shape index (κ1) is 33.8. The van der Waals surface area contributed by atoms with Crippen molar-refractivity contribution in [1.82, 2.24) is 0 Å². The zero-order valence-corrected chi connectivity index (χ0v) is 24.2. The van der Waals surface area contributed by atoms with Gasteiger partial charge in [0.25, 0.3) is 5.79 Å². The van der Waals surface area contributed by atoms with Crippen molar-refractivity contribution in [3.63, 3.8) is 0 Å². The maximum Gasteiger partial charge on any atom is 0.340 e. The highest BCUT2D eigenvalue weighted by Crippen LogP contribution is 2.41. The van der Waals surface area contributed by atoms with Gasteiger partial charge in [-0.25, -0.2) is 0 Å². The highest BCUT2D eigenvalue weighted by Gasteiger charge is 2.59. The fourth-order valence-corrected chi connectivity index (χ4v) is 3.87. The molecule has 0 saturated carbocycles. The minimum Gasteiger partial charge on any atom is -0.343 e. The molecule has 0 aromatic heterocycles. The highest BCUT2D eigenvalue weighted by molar-refractivity contribution is 4.85. The number of unbranched alkanes of at least 4 members (excludes halogenated alkanes) is 8. The predicted molar refractivity (Wildman–Crippen MR) is 143 cm³/mol. The Hall–Kier alpha value is -0.200. The van der Waals surface area contributed by atoms with Crippen molar-refractivity contribution < 1.29 is 23.7 Å². The molecule has 0 aromatic carbocycles. The van der Waals surface area contributed by atoms with Crippen molar-refractivity contribution in [3.8, 4) is 0 Å². The summed E-state index contributed by atoms with van der Waals surface area (Å²) < 4.78 is 33.2. The lowest BCUT2D eigenvalue weighted by Gasteiger charge is -2.48. The van der Waals surface area contributed by atoms with Gasteiger partial charge in [-0.3, -0.25) is 0 Å². The van der Waals surface area contributed by atoms with E-state index in [1.54, 1.807) is 0 Å². The molecule has 206 valence electrons. The quantitative estimate of drug-likeness (QED) is 0.0950. The molecule has 0 saturated heterocycles. The number of ether oxygens (including phenoxy) is 5. The Labute approximate surface area is 213 Å². The molecule has 5 nitrogen and oxygen atoms in total. The van der Waals surface area contributed by atoms with Gasteiger partial charge in [0.2, 0.25) is 0 Å². The molecule has 0 rings (SSSR count). The summed E-state index contributed by atoms with van der Waals surface area (Å²) in [5.41, 5.74) is 0. The molecule has 0 radical (unpaired) electrons. The SMILES string of the molecule is CCCCCCOC(OCCCCC)(OCC(C)C)C(CCCCC)(OCCCC)OC(C)C. The van der Waals surface area contributed by atoms with E-state index in [0.717, 1.165) is 64.2 Å². The molecule has 2 atom stereocenters. The van der Waals surface area contributed by atoms with Crippen LogP contribution in [0.2, 0.25) is 0 Å². The van der Waals surface area contributed by atoms with Gasteiger partial charge in [0.05, 0.1) is 32.5 Å². The number of hydrogen-bond acceptors (Lipinski definition) is 5. The van der Waals surface area contributed by atoms with Gasteiger partial charge in [0.1, 0.15) is 0 Å². The summed E-state index contributed by atoms with van der Waals surface area (Å²) in [5.74, 6) is -2.13. The Morgan fingerprint density at radius 1 is 0.529 bits per heavy atom. The van der Waals surface area contributed by atoms with Crippen molar-refractivity contribution in [2.24, 2.45) is 5.92 Å². The van der Waals surface area contributed by atoms with Crippen molar-refractivity contribution >= 4 is 0 Å². The van der Waals surface area contributed by atoms with E-state index in [-0.39, 0.29) is 6.10 Å². The molecule has 0 aromatic rings. The largest absolute Gasteiger partial charge is 0.343 e. The Balaban J connectivity index is 6.24. The Morgan fingerprint density at radius 2 is 1.03 bits per heavy atom. The molecular formula is C29H60O5. The summed E-state index contributed by atoms with van der Waals surface area (Å²) in [6, 6.07) is 0. The van der Waals surface area contributed by atoms with Crippen LogP contribution in [0.1, 0.15) is 139 Å². The van der Waals surface area contributed by atoms with Crippen LogP contribution in [0.5, 0.6) is 0 Å². The first-order chi connectivity index (χ1) is 16.3. The molecule has 0 fully saturated rings. The van der Waals surface area contributed by atoms with Gasteiger partial charge in [-0.15, -0.1) is 0 Å². The second-order valence-corrected chi connectivity index (χ2v) is 10.3. The Kier molecular flexibility index (Phi) is 20.8. The van der Waals surface area contributed by atoms with Gasteiger partial charge >= 0.3 is 5.97 Å². The Bertz CT molecular complexity index is 430. The molecular weight excluding hydrogens is 428 g/mol. The van der Waals surface area contributed by atoms with E-state index in [4.69, 9.17) is 23.7 Å². The second-order valence-electron chi connectivity index (χ2n) is 10.3. The fourth-order valence-electron chi connectivity index (χ4n) is 3.87. The second kappa shape index (κ2) is 20.9. The lowest BCUT2D eigenvalue weighted by Crippen LogP contribution is -2.64. The lowest BCUT2D eigenvalue weighted by molar-refractivity contribution is -0.505. The summed E-state index contributed by atoms with van der Waals surface area (Å²) in [7, 11) is 0. The zero-order valence-electron chi connectivity index (χ0n) is 24.2. The first-order valence-corrected chi connectivity index (χ1v) is 14.6. The minimum absolute atomic E-state index is 0.0480. The fraction of sp³-hybridized carbons (Fsp3) is 1.00. The lowest BCUT2D eigenvalue weighted by atomic mass is 10.0. The monoisotopic (exact) mass is 488 g/mol. The van der Waals surface area contributed by atoms with E-state index in [1.807, 2.05) is 0 Å². The molecule has 0 spiro atoms. The Morgan fingerprint density at radius 3 is 1.56 bits per heavy atom. The van der Waals surface area contributed by atoms with Crippen LogP contribution < -0.4 is 0 Å². The molecule has 0 aliphatic carbocycles. The van der Waals surface area contributed by atoms with Crippen molar-refractivity contribution in [1.29, 1.82) is 0 Å². The van der Waals surface area contributed by atoms with E-state index in [1.165, 1.54) is 12.8 Å². The van der Waals surface area contributed by atoms with Crippen molar-refractivity contribution in [2.45, 2.75) is 157 Å². The predicted octanol–water partition coefficient (Wildman–Crippen LogP) is 8.63. The molecule has 0 bridgehead atoms. The van der Waals surface area contributed by atoms with Gasteiger partial charge < -0.3 is 23.7 Å². The summed E-state index contributed by atoms with van der Waals surface area (Å²) in [6.45, 7) is 19.5. The first-order valence-electron chi connectivity index (χ1n) is 14.6.